The van der Waals surface area contributed by atoms with Crippen molar-refractivity contribution in [3.05, 3.63) is 0 Å². The summed E-state index contributed by atoms with van der Waals surface area (Å²) >= 11 is 0. The zero-order chi connectivity index (χ0) is 44.3. The van der Waals surface area contributed by atoms with Crippen molar-refractivity contribution >= 4 is 11.8 Å². The summed E-state index contributed by atoms with van der Waals surface area (Å²) in [5.74, 6) is -1.17. The normalized spacial score (nSPS) is 42.4. The van der Waals surface area contributed by atoms with Crippen LogP contribution in [0.25, 0.3) is 0 Å². The fourth-order valence-electron chi connectivity index (χ4n) is 6.97. The molecule has 0 aromatic carbocycles. The predicted molar refractivity (Wildman–Crippen MR) is 190 cm³/mol. The molecule has 0 radical (unpaired) electrons. The molecule has 350 valence electrons. The van der Waals surface area contributed by atoms with E-state index in [1.807, 2.05) is 0 Å². The van der Waals surface area contributed by atoms with Crippen LogP contribution in [0.2, 0.25) is 0 Å². The van der Waals surface area contributed by atoms with E-state index in [0.717, 1.165) is 0 Å². The summed E-state index contributed by atoms with van der Waals surface area (Å²) in [5.41, 5.74) is 0. The Bertz CT molecular complexity index is 1200. The molecule has 0 aliphatic carbocycles. The first-order chi connectivity index (χ1) is 28.6. The van der Waals surface area contributed by atoms with Crippen molar-refractivity contribution in [2.75, 3.05) is 66.1 Å². The summed E-state index contributed by atoms with van der Waals surface area (Å²) in [7, 11) is 0. The summed E-state index contributed by atoms with van der Waals surface area (Å²) in [6, 6.07) is -2.53. The maximum absolute atomic E-state index is 12.0. The third-order valence-corrected chi connectivity index (χ3v) is 10.1. The number of rotatable bonds is 21. The van der Waals surface area contributed by atoms with Gasteiger partial charge in [0.2, 0.25) is 11.8 Å². The van der Waals surface area contributed by atoms with Crippen molar-refractivity contribution < 1.29 is 118 Å². The lowest BCUT2D eigenvalue weighted by Crippen LogP contribution is -2.67. The predicted octanol–water partition coefficient (Wildman–Crippen LogP) is -9.41. The highest BCUT2D eigenvalue weighted by Crippen LogP contribution is 2.31. The van der Waals surface area contributed by atoms with Crippen molar-refractivity contribution in [2.45, 2.75) is 137 Å². The number of carbonyl (C=O) groups is 2. The van der Waals surface area contributed by atoms with Gasteiger partial charge >= 0.3 is 0 Å². The first-order valence-corrected chi connectivity index (χ1v) is 19.3. The van der Waals surface area contributed by atoms with Gasteiger partial charge in [-0.15, -0.1) is 0 Å². The highest BCUT2D eigenvalue weighted by molar-refractivity contribution is 5.73. The molecular formula is C34H60N2O24. The first-order valence-electron chi connectivity index (χ1n) is 19.3. The first kappa shape index (κ1) is 50.7. The number of nitrogens with one attached hydrogen (secondary N) is 2. The minimum atomic E-state index is -1.81. The van der Waals surface area contributed by atoms with Gasteiger partial charge in [-0.2, -0.15) is 0 Å². The molecule has 4 fully saturated rings. The van der Waals surface area contributed by atoms with E-state index in [2.05, 4.69) is 10.6 Å². The molecule has 4 heterocycles. The van der Waals surface area contributed by atoms with Crippen LogP contribution in [0.3, 0.4) is 0 Å². The number of aliphatic hydroxyl groups excluding tert-OH is 12. The second-order valence-corrected chi connectivity index (χ2v) is 14.4. The van der Waals surface area contributed by atoms with Gasteiger partial charge in [-0.25, -0.2) is 0 Å². The topological polar surface area (TPSA) is 393 Å². The molecule has 0 saturated carbocycles. The minimum absolute atomic E-state index is 0.0295. The van der Waals surface area contributed by atoms with E-state index in [4.69, 9.17) is 47.4 Å². The van der Waals surface area contributed by atoms with E-state index >= 15 is 0 Å². The lowest BCUT2D eigenvalue weighted by atomic mass is 9.95. The van der Waals surface area contributed by atoms with Crippen LogP contribution < -0.4 is 10.6 Å². The molecule has 4 rings (SSSR count). The summed E-state index contributed by atoms with van der Waals surface area (Å²) in [6.45, 7) is -0.806. The average Bonchev–Trinajstić information content (AvgIpc) is 3.22. The van der Waals surface area contributed by atoms with Crippen molar-refractivity contribution in [2.24, 2.45) is 0 Å². The molecule has 26 heteroatoms. The summed E-state index contributed by atoms with van der Waals surface area (Å²) < 4.78 is 55.9. The molecule has 0 aromatic heterocycles. The van der Waals surface area contributed by atoms with Crippen molar-refractivity contribution in [3.63, 3.8) is 0 Å². The lowest BCUT2D eigenvalue weighted by Gasteiger charge is -2.47. The third-order valence-electron chi connectivity index (χ3n) is 10.1. The Morgan fingerprint density at radius 1 is 0.433 bits per heavy atom. The molecule has 26 nitrogen and oxygen atoms in total. The Balaban J connectivity index is 1.20. The summed E-state index contributed by atoms with van der Waals surface area (Å²) in [4.78, 5) is 24.0. The molecule has 20 atom stereocenters. The molecule has 14 N–H and O–H groups in total. The zero-order valence-corrected chi connectivity index (χ0v) is 32.9. The van der Waals surface area contributed by atoms with Crippen LogP contribution in [0.1, 0.15) is 13.8 Å². The van der Waals surface area contributed by atoms with Crippen LogP contribution in [-0.4, -0.2) is 262 Å². The summed E-state index contributed by atoms with van der Waals surface area (Å²) in [6.07, 6.45) is -27.9. The number of amides is 2. The molecule has 0 unspecified atom stereocenters. The van der Waals surface area contributed by atoms with Gasteiger partial charge in [-0.3, -0.25) is 9.59 Å². The number of ether oxygens (including phenoxy) is 10. The standard InChI is InChI=1S/C34H60N2O24/c1-13(41)35-19-23(45)29(59-33-27(49)25(47)21(43)15(9-37)55-33)17(11-39)57-31(19)53-7-5-51-3-4-52-6-8-54-32-20(36-14(2)42)24(46)30(18(12-40)58-32)60-34-28(50)26(48)22(44)16(10-38)56-34/h15-34,37-40,43-50H,3-12H2,1-2H3,(H,35,41)(H,36,42)/t15-,16-,17-,18-,19-,20-,21+,22+,23-,24-,25+,26+,27-,28-,29-,30-,31-,32+,33+,34+/m1/s1. The highest BCUT2D eigenvalue weighted by Gasteiger charge is 2.53. The fourth-order valence-corrected chi connectivity index (χ4v) is 6.97. The average molecular weight is 881 g/mol. The number of hydrogen-bond acceptors (Lipinski definition) is 24. The van der Waals surface area contributed by atoms with Gasteiger partial charge in [-0.05, 0) is 0 Å². The van der Waals surface area contributed by atoms with Crippen LogP contribution in [-0.2, 0) is 57.0 Å². The van der Waals surface area contributed by atoms with Crippen LogP contribution in [0, 0.1) is 0 Å². The summed E-state index contributed by atoms with van der Waals surface area (Å²) in [5, 5.41) is 127. The quantitative estimate of drug-likeness (QED) is 0.0476. The zero-order valence-electron chi connectivity index (χ0n) is 32.9. The maximum Gasteiger partial charge on any atom is 0.217 e. The number of carbonyl (C=O) groups excluding carboxylic acids is 2. The molecular weight excluding hydrogens is 820 g/mol. The van der Waals surface area contributed by atoms with E-state index in [1.165, 1.54) is 13.8 Å². The molecule has 4 saturated heterocycles. The van der Waals surface area contributed by atoms with Gasteiger partial charge in [0.1, 0.15) is 97.5 Å². The van der Waals surface area contributed by atoms with Gasteiger partial charge < -0.3 is 119 Å². The molecule has 60 heavy (non-hydrogen) atoms. The van der Waals surface area contributed by atoms with Crippen LogP contribution >= 0.6 is 0 Å². The Labute approximate surface area is 343 Å². The van der Waals surface area contributed by atoms with Gasteiger partial charge in [0, 0.05) is 13.8 Å². The Morgan fingerprint density at radius 2 is 0.750 bits per heavy atom. The minimum Gasteiger partial charge on any atom is -0.394 e. The van der Waals surface area contributed by atoms with Crippen LogP contribution in [0.15, 0.2) is 0 Å². The third kappa shape index (κ3) is 12.8. The number of hydrogen-bond donors (Lipinski definition) is 14. The molecule has 0 spiro atoms. The fraction of sp³-hybridized carbons (Fsp3) is 0.941. The second-order valence-electron chi connectivity index (χ2n) is 14.4. The molecule has 2 amide bonds. The van der Waals surface area contributed by atoms with Gasteiger partial charge in [-0.1, -0.05) is 0 Å². The van der Waals surface area contributed by atoms with Gasteiger partial charge in [0.15, 0.2) is 25.2 Å². The smallest absolute Gasteiger partial charge is 0.217 e. The second kappa shape index (κ2) is 24.2. The number of aliphatic hydroxyl groups is 12. The van der Waals surface area contributed by atoms with Crippen LogP contribution in [0.4, 0.5) is 0 Å². The molecule has 4 aliphatic heterocycles. The largest absolute Gasteiger partial charge is 0.394 e. The van der Waals surface area contributed by atoms with Crippen LogP contribution in [0.5, 0.6) is 0 Å². The Kier molecular flexibility index (Phi) is 20.5. The van der Waals surface area contributed by atoms with Gasteiger partial charge in [0.25, 0.3) is 0 Å². The SMILES string of the molecule is CC(=O)N[C@H]1[C@H](OCCOCCOCCO[C@H]2O[C@H](CO)[C@@H](O[C@@H]3O[C@H](CO)[C@H](O)[C@H](O)[C@H]3O)[C@H](O)[C@H]2NC(C)=O)O[C@H](CO)[C@@H](O[C@@H]2O[C@H](CO)[C@H](O)[C@H](O)[C@H]2O)[C@@H]1O. The lowest BCUT2D eigenvalue weighted by molar-refractivity contribution is -0.348. The van der Waals surface area contributed by atoms with Crippen molar-refractivity contribution in [1.82, 2.24) is 10.6 Å². The maximum atomic E-state index is 12.0. The molecule has 0 aromatic rings. The monoisotopic (exact) mass is 880 g/mol. The van der Waals surface area contributed by atoms with E-state index in [9.17, 15) is 70.9 Å². The van der Waals surface area contributed by atoms with E-state index < -0.39 is 161 Å². The van der Waals surface area contributed by atoms with Crippen molar-refractivity contribution in [1.29, 1.82) is 0 Å². The van der Waals surface area contributed by atoms with Gasteiger partial charge in [0.05, 0.1) is 66.1 Å². The Morgan fingerprint density at radius 3 is 1.07 bits per heavy atom. The highest BCUT2D eigenvalue weighted by atomic mass is 16.8. The van der Waals surface area contributed by atoms with E-state index in [-0.39, 0.29) is 39.6 Å². The van der Waals surface area contributed by atoms with Crippen molar-refractivity contribution in [3.8, 4) is 0 Å². The Hall–Kier alpha value is -1.94. The van der Waals surface area contributed by atoms with E-state index in [1.54, 1.807) is 0 Å². The molecule has 4 aliphatic rings. The molecule has 0 bridgehead atoms. The van der Waals surface area contributed by atoms with E-state index in [0.29, 0.717) is 0 Å².